The molecule has 1 aromatic carbocycles. The highest BCUT2D eigenvalue weighted by Gasteiger charge is 2.16. The molecule has 0 N–H and O–H groups in total. The highest BCUT2D eigenvalue weighted by Crippen LogP contribution is 2.32. The molecule has 2 aromatic rings. The first-order chi connectivity index (χ1) is 10.8. The lowest BCUT2D eigenvalue weighted by Gasteiger charge is -2.21. The molecule has 7 heteroatoms. The fourth-order valence-electron chi connectivity index (χ4n) is 2.35. The van der Waals surface area contributed by atoms with Gasteiger partial charge < -0.3 is 14.4 Å². The molecular weight excluding hydrogens is 284 g/mol. The Hall–Kier alpha value is -2.57. The van der Waals surface area contributed by atoms with Gasteiger partial charge in [-0.05, 0) is 24.6 Å². The van der Waals surface area contributed by atoms with Crippen LogP contribution in [0.2, 0.25) is 0 Å². The van der Waals surface area contributed by atoms with Crippen LogP contribution in [0.5, 0.6) is 11.5 Å². The lowest BCUT2D eigenvalue weighted by atomic mass is 10.2. The van der Waals surface area contributed by atoms with Crippen LogP contribution < -0.4 is 9.47 Å². The van der Waals surface area contributed by atoms with Crippen molar-refractivity contribution >= 4 is 5.91 Å². The first kappa shape index (κ1) is 14.4. The summed E-state index contributed by atoms with van der Waals surface area (Å²) < 4.78 is 12.3. The first-order valence-corrected chi connectivity index (χ1v) is 7.25. The van der Waals surface area contributed by atoms with E-state index in [4.69, 9.17) is 9.47 Å². The van der Waals surface area contributed by atoms with E-state index < -0.39 is 0 Å². The van der Waals surface area contributed by atoms with Crippen molar-refractivity contribution in [3.63, 3.8) is 0 Å². The van der Waals surface area contributed by atoms with E-state index in [2.05, 4.69) is 10.1 Å². The van der Waals surface area contributed by atoms with E-state index in [0.29, 0.717) is 26.1 Å². The summed E-state index contributed by atoms with van der Waals surface area (Å²) in [6.07, 6.45) is 3.48. The van der Waals surface area contributed by atoms with Crippen LogP contribution in [0.15, 0.2) is 30.9 Å². The third kappa shape index (κ3) is 3.19. The number of aromatic nitrogens is 3. The molecule has 0 fully saturated rings. The van der Waals surface area contributed by atoms with Crippen LogP contribution in [0, 0.1) is 0 Å². The Morgan fingerprint density at radius 3 is 3.00 bits per heavy atom. The van der Waals surface area contributed by atoms with Gasteiger partial charge in [0.25, 0.3) is 0 Å². The van der Waals surface area contributed by atoms with Gasteiger partial charge in [-0.1, -0.05) is 6.07 Å². The van der Waals surface area contributed by atoms with Gasteiger partial charge in [-0.15, -0.1) is 0 Å². The highest BCUT2D eigenvalue weighted by molar-refractivity contribution is 5.76. The Balaban J connectivity index is 1.60. The Morgan fingerprint density at radius 1 is 1.36 bits per heavy atom. The maximum atomic E-state index is 12.3. The van der Waals surface area contributed by atoms with Crippen LogP contribution in [-0.2, 0) is 17.9 Å². The van der Waals surface area contributed by atoms with Gasteiger partial charge in [0.2, 0.25) is 12.7 Å². The summed E-state index contributed by atoms with van der Waals surface area (Å²) in [5, 5.41) is 4.00. The Bertz CT molecular complexity index is 642. The van der Waals surface area contributed by atoms with Gasteiger partial charge in [0, 0.05) is 19.5 Å². The molecule has 1 aliphatic heterocycles. The van der Waals surface area contributed by atoms with Crippen LogP contribution >= 0.6 is 0 Å². The molecule has 2 heterocycles. The number of fused-ring (bicyclic) bond motifs is 1. The van der Waals surface area contributed by atoms with Crippen LogP contribution in [0.25, 0.3) is 0 Å². The molecule has 0 radical (unpaired) electrons. The molecule has 1 amide bonds. The topological polar surface area (TPSA) is 69.5 Å². The van der Waals surface area contributed by atoms with Crippen LogP contribution in [-0.4, -0.2) is 38.9 Å². The smallest absolute Gasteiger partial charge is 0.231 e. The normalized spacial score (nSPS) is 12.4. The maximum absolute atomic E-state index is 12.3. The van der Waals surface area contributed by atoms with Crippen molar-refractivity contribution in [2.24, 2.45) is 0 Å². The van der Waals surface area contributed by atoms with Crippen LogP contribution in [0.1, 0.15) is 18.9 Å². The predicted molar refractivity (Wildman–Crippen MR) is 78.3 cm³/mol. The third-order valence-corrected chi connectivity index (χ3v) is 3.57. The number of hydrogen-bond donors (Lipinski definition) is 0. The molecule has 116 valence electrons. The van der Waals surface area contributed by atoms with Crippen molar-refractivity contribution in [3.8, 4) is 11.5 Å². The van der Waals surface area contributed by atoms with E-state index in [0.717, 1.165) is 17.1 Å². The standard InChI is InChI=1S/C15H18N4O3/c1-2-18(15(20)5-6-19-10-16-9-17-19)8-12-3-4-13-14(7-12)22-11-21-13/h3-4,7,9-10H,2,5-6,8,11H2,1H3. The van der Waals surface area contributed by atoms with E-state index in [9.17, 15) is 4.79 Å². The molecule has 22 heavy (non-hydrogen) atoms. The number of ether oxygens (including phenoxy) is 2. The van der Waals surface area contributed by atoms with Crippen molar-refractivity contribution in [1.29, 1.82) is 0 Å². The van der Waals surface area contributed by atoms with Gasteiger partial charge in [-0.2, -0.15) is 5.10 Å². The average Bonchev–Trinajstić information content (AvgIpc) is 3.20. The highest BCUT2D eigenvalue weighted by atomic mass is 16.7. The molecule has 0 unspecified atom stereocenters. The van der Waals surface area contributed by atoms with E-state index >= 15 is 0 Å². The number of aryl methyl sites for hydroxylation is 1. The maximum Gasteiger partial charge on any atom is 0.231 e. The molecule has 0 spiro atoms. The second-order valence-corrected chi connectivity index (χ2v) is 5.00. The molecule has 0 saturated heterocycles. The number of amides is 1. The van der Waals surface area contributed by atoms with Gasteiger partial charge in [-0.25, -0.2) is 4.98 Å². The van der Waals surface area contributed by atoms with Crippen molar-refractivity contribution in [1.82, 2.24) is 19.7 Å². The van der Waals surface area contributed by atoms with Crippen LogP contribution in [0.3, 0.4) is 0 Å². The molecule has 0 bridgehead atoms. The Kier molecular flexibility index (Phi) is 4.22. The number of nitrogens with zero attached hydrogens (tertiary/aromatic N) is 4. The molecule has 0 aliphatic carbocycles. The molecule has 1 aromatic heterocycles. The van der Waals surface area contributed by atoms with Gasteiger partial charge in [0.15, 0.2) is 11.5 Å². The minimum Gasteiger partial charge on any atom is -0.454 e. The minimum absolute atomic E-state index is 0.0932. The van der Waals surface area contributed by atoms with Gasteiger partial charge in [-0.3, -0.25) is 9.48 Å². The number of rotatable bonds is 6. The van der Waals surface area contributed by atoms with Crippen molar-refractivity contribution in [2.45, 2.75) is 26.4 Å². The third-order valence-electron chi connectivity index (χ3n) is 3.57. The monoisotopic (exact) mass is 302 g/mol. The van der Waals surface area contributed by atoms with Crippen molar-refractivity contribution in [3.05, 3.63) is 36.4 Å². The lowest BCUT2D eigenvalue weighted by Crippen LogP contribution is -2.31. The number of benzene rings is 1. The zero-order valence-corrected chi connectivity index (χ0v) is 12.4. The summed E-state index contributed by atoms with van der Waals surface area (Å²) in [7, 11) is 0. The zero-order valence-electron chi connectivity index (χ0n) is 12.4. The van der Waals surface area contributed by atoms with Gasteiger partial charge in [0.1, 0.15) is 12.7 Å². The second kappa shape index (κ2) is 6.46. The number of hydrogen-bond acceptors (Lipinski definition) is 5. The molecule has 0 atom stereocenters. The SMILES string of the molecule is CCN(Cc1ccc2c(c1)OCO2)C(=O)CCn1cncn1. The molecular formula is C15H18N4O3. The summed E-state index contributed by atoms with van der Waals surface area (Å²) in [6.45, 7) is 3.98. The first-order valence-electron chi connectivity index (χ1n) is 7.25. The van der Waals surface area contributed by atoms with Gasteiger partial charge >= 0.3 is 0 Å². The summed E-state index contributed by atoms with van der Waals surface area (Å²) in [4.78, 5) is 18.0. The number of carbonyl (C=O) groups excluding carboxylic acids is 1. The number of carbonyl (C=O) groups is 1. The lowest BCUT2D eigenvalue weighted by molar-refractivity contribution is -0.131. The van der Waals surface area contributed by atoms with E-state index in [1.54, 1.807) is 11.0 Å². The molecule has 0 saturated carbocycles. The second-order valence-electron chi connectivity index (χ2n) is 5.00. The van der Waals surface area contributed by atoms with E-state index in [1.165, 1.54) is 6.33 Å². The Labute approximate surface area is 128 Å². The zero-order chi connectivity index (χ0) is 15.4. The molecule has 3 rings (SSSR count). The van der Waals surface area contributed by atoms with Gasteiger partial charge in [0.05, 0.1) is 6.54 Å². The summed E-state index contributed by atoms with van der Waals surface area (Å²) in [5.41, 5.74) is 1.03. The summed E-state index contributed by atoms with van der Waals surface area (Å²) in [6, 6.07) is 5.77. The quantitative estimate of drug-likeness (QED) is 0.807. The molecule has 7 nitrogen and oxygen atoms in total. The minimum atomic E-state index is 0.0932. The van der Waals surface area contributed by atoms with Crippen LogP contribution in [0.4, 0.5) is 0 Å². The summed E-state index contributed by atoms with van der Waals surface area (Å²) in [5.74, 6) is 1.59. The van der Waals surface area contributed by atoms with E-state index in [-0.39, 0.29) is 12.7 Å². The van der Waals surface area contributed by atoms with Crippen molar-refractivity contribution < 1.29 is 14.3 Å². The van der Waals surface area contributed by atoms with Crippen molar-refractivity contribution in [2.75, 3.05) is 13.3 Å². The summed E-state index contributed by atoms with van der Waals surface area (Å²) >= 11 is 0. The predicted octanol–water partition coefficient (Wildman–Crippen LogP) is 1.45. The Morgan fingerprint density at radius 2 is 2.23 bits per heavy atom. The largest absolute Gasteiger partial charge is 0.454 e. The average molecular weight is 302 g/mol. The molecule has 1 aliphatic rings. The fraction of sp³-hybridized carbons (Fsp3) is 0.400. The fourth-order valence-corrected chi connectivity index (χ4v) is 2.35. The van der Waals surface area contributed by atoms with E-state index in [1.807, 2.05) is 30.0 Å².